The Labute approximate surface area is 289 Å². The highest BCUT2D eigenvalue weighted by Gasteiger charge is 2.78. The number of fused-ring (bicyclic) bond motifs is 5. The number of Topliss-reactive ketones (excluding diaryl/α,β-unsaturated/α-hetero) is 1. The summed E-state index contributed by atoms with van der Waals surface area (Å²) >= 11 is 0. The minimum atomic E-state index is -2.48. The molecule has 4 aliphatic rings. The van der Waals surface area contributed by atoms with Gasteiger partial charge in [-0.3, -0.25) is 14.4 Å². The Bertz CT molecular complexity index is 1510. The lowest BCUT2D eigenvalue weighted by atomic mass is 9.44. The lowest BCUT2D eigenvalue weighted by Gasteiger charge is -2.68. The molecule has 0 aromatic heterocycles. The highest BCUT2D eigenvalue weighted by molar-refractivity contribution is 6.73. The number of hydrogen-bond acceptors (Lipinski definition) is 11. The maximum Gasteiger partial charge on any atom is 0.338 e. The van der Waals surface area contributed by atoms with Crippen molar-refractivity contribution >= 4 is 32.0 Å². The molecule has 2 unspecified atom stereocenters. The summed E-state index contributed by atoms with van der Waals surface area (Å²) in [7, 11) is -2.48. The normalized spacial score (nSPS) is 36.7. The van der Waals surface area contributed by atoms with Gasteiger partial charge in [-0.15, -0.1) is 0 Å². The molecular formula is C37H52O11Si. The minimum Gasteiger partial charge on any atom is -0.455 e. The second-order valence-corrected chi connectivity index (χ2v) is 19.8. The Morgan fingerprint density at radius 1 is 0.980 bits per heavy atom. The molecule has 12 heteroatoms. The van der Waals surface area contributed by atoms with Crippen LogP contribution in [0.2, 0.25) is 18.1 Å². The largest absolute Gasteiger partial charge is 0.455 e. The summed E-state index contributed by atoms with van der Waals surface area (Å²) in [6, 6.07) is 10.6. The van der Waals surface area contributed by atoms with Gasteiger partial charge in [-0.1, -0.05) is 52.8 Å². The number of rotatable bonds is 9. The van der Waals surface area contributed by atoms with Crippen LogP contribution >= 0.6 is 0 Å². The van der Waals surface area contributed by atoms with Crippen molar-refractivity contribution in [3.05, 3.63) is 47.0 Å². The average molecular weight is 701 g/mol. The molecular weight excluding hydrogens is 648 g/mol. The lowest BCUT2D eigenvalue weighted by Crippen LogP contribution is -2.82. The Balaban J connectivity index is 1.88. The smallest absolute Gasteiger partial charge is 0.338 e. The van der Waals surface area contributed by atoms with Gasteiger partial charge in [0.15, 0.2) is 25.8 Å². The molecule has 0 amide bonds. The van der Waals surface area contributed by atoms with Crippen LogP contribution in [0.15, 0.2) is 41.5 Å². The predicted molar refractivity (Wildman–Crippen MR) is 181 cm³/mol. The molecule has 1 saturated heterocycles. The van der Waals surface area contributed by atoms with Crippen LogP contribution in [0.25, 0.3) is 0 Å². The number of ketones is 1. The fourth-order valence-electron chi connectivity index (χ4n) is 9.36. The maximum absolute atomic E-state index is 15.6. The van der Waals surface area contributed by atoms with E-state index < -0.39 is 90.5 Å². The number of carbonyl (C=O) groups is 4. The number of carbonyl (C=O) groups excluding carboxylic acids is 4. The van der Waals surface area contributed by atoms with E-state index >= 15 is 4.79 Å². The fourth-order valence-corrected chi connectivity index (χ4v) is 12.3. The number of esters is 3. The van der Waals surface area contributed by atoms with Crippen LogP contribution in [0.5, 0.6) is 0 Å². The Hall–Kier alpha value is -2.90. The first-order chi connectivity index (χ1) is 22.9. The second kappa shape index (κ2) is 13.0. The van der Waals surface area contributed by atoms with Crippen LogP contribution in [-0.2, 0) is 37.8 Å². The molecule has 2 saturated carbocycles. The number of hydrogen-bond donors (Lipinski definition) is 2. The molecule has 2 bridgehead atoms. The van der Waals surface area contributed by atoms with Crippen LogP contribution in [-0.4, -0.2) is 90.6 Å². The first-order valence-electron chi connectivity index (χ1n) is 17.5. The third kappa shape index (κ3) is 5.62. The van der Waals surface area contributed by atoms with E-state index in [1.807, 2.05) is 0 Å². The molecule has 11 nitrogen and oxygen atoms in total. The van der Waals surface area contributed by atoms with Gasteiger partial charge in [0, 0.05) is 32.1 Å². The summed E-state index contributed by atoms with van der Waals surface area (Å²) < 4.78 is 31.9. The first kappa shape index (κ1) is 37.4. The van der Waals surface area contributed by atoms with Gasteiger partial charge in [-0.2, -0.15) is 0 Å². The molecule has 2 N–H and O–H groups in total. The van der Waals surface area contributed by atoms with E-state index in [4.69, 9.17) is 23.4 Å². The van der Waals surface area contributed by atoms with Gasteiger partial charge in [-0.05, 0) is 55.3 Å². The zero-order valence-electron chi connectivity index (χ0n) is 30.2. The van der Waals surface area contributed by atoms with Crippen LogP contribution < -0.4 is 0 Å². The summed E-state index contributed by atoms with van der Waals surface area (Å²) in [5.41, 5.74) is -5.83. The van der Waals surface area contributed by atoms with Gasteiger partial charge >= 0.3 is 17.9 Å². The van der Waals surface area contributed by atoms with Gasteiger partial charge in [0.2, 0.25) is 0 Å². The summed E-state index contributed by atoms with van der Waals surface area (Å²) in [6.45, 7) is 15.3. The molecule has 3 aliphatic carbocycles. The molecule has 0 radical (unpaired) electrons. The molecule has 0 spiro atoms. The van der Waals surface area contributed by atoms with E-state index in [9.17, 15) is 24.6 Å². The van der Waals surface area contributed by atoms with Crippen molar-refractivity contribution in [1.82, 2.24) is 0 Å². The summed E-state index contributed by atoms with van der Waals surface area (Å²) in [5, 5.41) is 24.8. The predicted octanol–water partition coefficient (Wildman–Crippen LogP) is 4.68. The van der Waals surface area contributed by atoms with Gasteiger partial charge < -0.3 is 33.6 Å². The number of benzene rings is 1. The van der Waals surface area contributed by atoms with Crippen LogP contribution in [0, 0.1) is 16.7 Å². The Morgan fingerprint density at radius 3 is 2.10 bits per heavy atom. The van der Waals surface area contributed by atoms with Crippen molar-refractivity contribution in [3.63, 3.8) is 0 Å². The van der Waals surface area contributed by atoms with Crippen molar-refractivity contribution in [1.29, 1.82) is 0 Å². The van der Waals surface area contributed by atoms with Crippen molar-refractivity contribution in [2.24, 2.45) is 16.7 Å². The molecule has 3 fully saturated rings. The van der Waals surface area contributed by atoms with Crippen LogP contribution in [0.1, 0.15) is 85.5 Å². The van der Waals surface area contributed by atoms with Gasteiger partial charge in [0.25, 0.3) is 0 Å². The van der Waals surface area contributed by atoms with E-state index in [1.54, 1.807) is 58.0 Å². The second-order valence-electron chi connectivity index (χ2n) is 15.1. The van der Waals surface area contributed by atoms with E-state index in [-0.39, 0.29) is 30.6 Å². The van der Waals surface area contributed by atoms with Crippen LogP contribution in [0.4, 0.5) is 0 Å². The number of ether oxygens (including phenoxy) is 4. The van der Waals surface area contributed by atoms with Crippen molar-refractivity contribution in [2.45, 2.75) is 135 Å². The zero-order chi connectivity index (χ0) is 36.3. The SMILES string of the molecule is CC[Si](CC)(CC)O[C@H]1C[C@H]2OC[C@@]2(OC(C)=O)C2C(OC(=O)c3ccccc3)[C@]3(O)C[C@H](O)C(C)=C([C@@H](OC(C)=O)C(=O)[C@@]21C)C3(C)C. The van der Waals surface area contributed by atoms with E-state index in [1.165, 1.54) is 13.8 Å². The highest BCUT2D eigenvalue weighted by atomic mass is 28.4. The summed E-state index contributed by atoms with van der Waals surface area (Å²) in [4.78, 5) is 55.5. The van der Waals surface area contributed by atoms with E-state index in [0.717, 1.165) is 18.1 Å². The molecule has 1 aliphatic heterocycles. The molecule has 270 valence electrons. The molecule has 1 heterocycles. The van der Waals surface area contributed by atoms with E-state index in [2.05, 4.69) is 20.8 Å². The fraction of sp³-hybridized carbons (Fsp3) is 0.676. The minimum absolute atomic E-state index is 0.131. The zero-order valence-corrected chi connectivity index (χ0v) is 31.2. The van der Waals surface area contributed by atoms with Crippen molar-refractivity contribution in [3.8, 4) is 0 Å². The Morgan fingerprint density at radius 2 is 1.59 bits per heavy atom. The molecule has 1 aromatic rings. The standard InChI is InChI=1S/C37H52O11Si/c1-10-49(11-2,12-3)48-26-18-27-36(20-44-27,47-23(6)39)30-32(46-33(42)24-16-14-13-15-17-24)37(43)19-25(40)21(4)28(34(37,7)8)29(45-22(5)38)31(41)35(26,30)9/h13-17,25-27,29-30,32,40,43H,10-12,18-20H2,1-9H3/t25-,26-,27+,29+,30?,32?,35+,36-,37+/m0/s1. The summed E-state index contributed by atoms with van der Waals surface area (Å²) in [5.74, 6) is -3.91. The summed E-state index contributed by atoms with van der Waals surface area (Å²) in [6.07, 6.45) is -6.04. The quantitative estimate of drug-likeness (QED) is 0.160. The molecule has 5 rings (SSSR count). The third-order valence-corrected chi connectivity index (χ3v) is 17.2. The molecule has 9 atom stereocenters. The van der Waals surface area contributed by atoms with Crippen molar-refractivity contribution in [2.75, 3.05) is 6.61 Å². The topological polar surface area (TPSA) is 155 Å². The van der Waals surface area contributed by atoms with E-state index in [0.29, 0.717) is 5.57 Å². The lowest BCUT2D eigenvalue weighted by molar-refractivity contribution is -0.344. The first-order valence-corrected chi connectivity index (χ1v) is 20.0. The van der Waals surface area contributed by atoms with Crippen molar-refractivity contribution < 1.29 is 52.8 Å². The monoisotopic (exact) mass is 700 g/mol. The maximum atomic E-state index is 15.6. The van der Waals surface area contributed by atoms with Gasteiger partial charge in [-0.25, -0.2) is 4.79 Å². The van der Waals surface area contributed by atoms with Gasteiger partial charge in [0.05, 0.1) is 35.7 Å². The molecule has 1 aromatic carbocycles. The number of aliphatic hydroxyl groups excluding tert-OH is 1. The van der Waals surface area contributed by atoms with Gasteiger partial charge in [0.1, 0.15) is 17.8 Å². The third-order valence-electron chi connectivity index (χ3n) is 12.5. The Kier molecular flexibility index (Phi) is 9.92. The number of aliphatic hydroxyl groups is 2. The van der Waals surface area contributed by atoms with Crippen LogP contribution in [0.3, 0.4) is 0 Å². The molecule has 49 heavy (non-hydrogen) atoms. The average Bonchev–Trinajstić information content (AvgIpc) is 3.04. The highest BCUT2D eigenvalue weighted by Crippen LogP contribution is 2.65.